The Labute approximate surface area is 153 Å². The molecule has 0 aliphatic carbocycles. The molecule has 2 aromatic rings. The Bertz CT molecular complexity index is 818. The Balaban J connectivity index is 2.01. The lowest BCUT2D eigenvalue weighted by Crippen LogP contribution is -2.22. The third-order valence-electron chi connectivity index (χ3n) is 3.31. The summed E-state index contributed by atoms with van der Waals surface area (Å²) >= 11 is 1.24. The molecule has 0 spiro atoms. The molecule has 0 unspecified atom stereocenters. The Morgan fingerprint density at radius 1 is 1.08 bits per heavy atom. The van der Waals surface area contributed by atoms with Crippen molar-refractivity contribution in [2.75, 3.05) is 18.5 Å². The van der Waals surface area contributed by atoms with E-state index in [1.54, 1.807) is 13.0 Å². The van der Waals surface area contributed by atoms with Crippen LogP contribution in [-0.2, 0) is 20.7 Å². The summed E-state index contributed by atoms with van der Waals surface area (Å²) in [6, 6.07) is 6.98. The zero-order valence-corrected chi connectivity index (χ0v) is 15.2. The van der Waals surface area contributed by atoms with Crippen LogP contribution in [0.1, 0.15) is 39.4 Å². The van der Waals surface area contributed by atoms with E-state index in [0.29, 0.717) is 11.4 Å². The minimum atomic E-state index is -0.940. The maximum absolute atomic E-state index is 13.5. The number of amides is 1. The first-order chi connectivity index (χ1) is 12.5. The fraction of sp³-hybridized carbons (Fsp3) is 0.278. The van der Waals surface area contributed by atoms with Crippen molar-refractivity contribution in [1.82, 2.24) is 0 Å². The van der Waals surface area contributed by atoms with Crippen LogP contribution in [0.2, 0.25) is 0 Å². The Kier molecular flexibility index (Phi) is 6.85. The van der Waals surface area contributed by atoms with Crippen LogP contribution < -0.4 is 5.32 Å². The molecule has 1 N–H and O–H groups in total. The molecule has 0 radical (unpaired) electrons. The highest BCUT2D eigenvalue weighted by atomic mass is 32.1. The van der Waals surface area contributed by atoms with Gasteiger partial charge in [0, 0.05) is 4.88 Å². The summed E-state index contributed by atoms with van der Waals surface area (Å²) < 4.78 is 23.3. The van der Waals surface area contributed by atoms with E-state index in [-0.39, 0.29) is 17.7 Å². The average Bonchev–Trinajstić information content (AvgIpc) is 3.03. The van der Waals surface area contributed by atoms with Gasteiger partial charge < -0.3 is 14.8 Å². The first-order valence-corrected chi connectivity index (χ1v) is 8.79. The van der Waals surface area contributed by atoms with Crippen LogP contribution in [0.5, 0.6) is 0 Å². The molecule has 0 fully saturated rings. The van der Waals surface area contributed by atoms with E-state index in [1.165, 1.54) is 29.5 Å². The second-order valence-electron chi connectivity index (χ2n) is 5.13. The minimum absolute atomic E-state index is 0.212. The van der Waals surface area contributed by atoms with Gasteiger partial charge in [-0.15, -0.1) is 11.3 Å². The summed E-state index contributed by atoms with van der Waals surface area (Å²) in [5, 5.41) is 2.86. The van der Waals surface area contributed by atoms with E-state index in [9.17, 15) is 18.8 Å². The molecule has 0 saturated heterocycles. The minimum Gasteiger partial charge on any atom is -0.462 e. The van der Waals surface area contributed by atoms with E-state index in [0.717, 1.165) is 10.9 Å². The second kappa shape index (κ2) is 9.10. The number of halogens is 1. The van der Waals surface area contributed by atoms with E-state index in [4.69, 9.17) is 9.47 Å². The number of benzene rings is 1. The monoisotopic (exact) mass is 379 g/mol. The number of esters is 2. The topological polar surface area (TPSA) is 81.7 Å². The van der Waals surface area contributed by atoms with Crippen molar-refractivity contribution >= 4 is 34.2 Å². The molecular weight excluding hydrogens is 361 g/mol. The molecule has 1 heterocycles. The number of aryl methyl sites for hydroxylation is 1. The fourth-order valence-corrected chi connectivity index (χ4v) is 3.07. The molecule has 0 aliphatic heterocycles. The zero-order chi connectivity index (χ0) is 19.1. The van der Waals surface area contributed by atoms with Crippen LogP contribution in [-0.4, -0.2) is 31.1 Å². The van der Waals surface area contributed by atoms with Gasteiger partial charge in [0.05, 0.1) is 17.7 Å². The smallest absolute Gasteiger partial charge is 0.341 e. The van der Waals surface area contributed by atoms with Crippen LogP contribution >= 0.6 is 11.3 Å². The predicted octanol–water partition coefficient (Wildman–Crippen LogP) is 3.42. The number of nitrogens with one attached hydrogen (secondary N) is 1. The summed E-state index contributed by atoms with van der Waals surface area (Å²) in [6.07, 6.45) is 0.690. The van der Waals surface area contributed by atoms with E-state index in [1.807, 2.05) is 6.92 Å². The van der Waals surface area contributed by atoms with Crippen LogP contribution in [0.4, 0.5) is 9.39 Å². The molecule has 6 nitrogen and oxygen atoms in total. The lowest BCUT2D eigenvalue weighted by atomic mass is 10.2. The van der Waals surface area contributed by atoms with Crippen molar-refractivity contribution in [3.63, 3.8) is 0 Å². The molecule has 1 amide bonds. The number of carbonyl (C=O) groups excluding carboxylic acids is 3. The quantitative estimate of drug-likeness (QED) is 0.746. The third-order valence-corrected chi connectivity index (χ3v) is 4.50. The first-order valence-electron chi connectivity index (χ1n) is 7.97. The number of rotatable bonds is 7. The molecule has 8 heteroatoms. The summed E-state index contributed by atoms with van der Waals surface area (Å²) in [6.45, 7) is 3.21. The molecule has 1 aromatic carbocycles. The normalized spacial score (nSPS) is 10.3. The molecule has 0 atom stereocenters. The Hall–Kier alpha value is -2.74. The molecule has 1 aromatic heterocycles. The van der Waals surface area contributed by atoms with Gasteiger partial charge in [0.25, 0.3) is 5.91 Å². The van der Waals surface area contributed by atoms with Gasteiger partial charge in [-0.1, -0.05) is 19.1 Å². The molecule has 138 valence electrons. The molecular formula is C18H18FNO5S. The third kappa shape index (κ3) is 4.89. The van der Waals surface area contributed by atoms with Gasteiger partial charge in [0.15, 0.2) is 6.61 Å². The molecule has 2 rings (SSSR count). The van der Waals surface area contributed by atoms with Crippen molar-refractivity contribution in [3.05, 3.63) is 52.2 Å². The van der Waals surface area contributed by atoms with Crippen molar-refractivity contribution in [3.8, 4) is 0 Å². The van der Waals surface area contributed by atoms with Gasteiger partial charge in [-0.25, -0.2) is 14.0 Å². The maximum atomic E-state index is 13.5. The van der Waals surface area contributed by atoms with Crippen molar-refractivity contribution in [2.24, 2.45) is 0 Å². The average molecular weight is 379 g/mol. The highest BCUT2D eigenvalue weighted by molar-refractivity contribution is 7.16. The number of anilines is 1. The summed E-state index contributed by atoms with van der Waals surface area (Å²) in [5.41, 5.74) is -0.000569. The summed E-state index contributed by atoms with van der Waals surface area (Å²) in [7, 11) is 0. The van der Waals surface area contributed by atoms with E-state index < -0.39 is 30.3 Å². The SMILES string of the molecule is CCOC(=O)c1cc(CC)sc1NC(=O)COC(=O)c1ccccc1F. The number of ether oxygens (including phenoxy) is 2. The zero-order valence-electron chi connectivity index (χ0n) is 14.3. The Morgan fingerprint density at radius 2 is 1.77 bits per heavy atom. The van der Waals surface area contributed by atoms with Crippen molar-refractivity contribution < 1.29 is 28.2 Å². The molecule has 0 bridgehead atoms. The number of thiophene rings is 1. The van der Waals surface area contributed by atoms with Gasteiger partial charge in [-0.05, 0) is 31.5 Å². The van der Waals surface area contributed by atoms with Gasteiger partial charge in [-0.3, -0.25) is 4.79 Å². The van der Waals surface area contributed by atoms with Crippen LogP contribution in [0, 0.1) is 5.82 Å². The fourth-order valence-electron chi connectivity index (χ4n) is 2.07. The highest BCUT2D eigenvalue weighted by Gasteiger charge is 2.20. The highest BCUT2D eigenvalue weighted by Crippen LogP contribution is 2.29. The lowest BCUT2D eigenvalue weighted by molar-refractivity contribution is -0.119. The van der Waals surface area contributed by atoms with Gasteiger partial charge >= 0.3 is 11.9 Å². The van der Waals surface area contributed by atoms with Crippen molar-refractivity contribution in [1.29, 1.82) is 0 Å². The summed E-state index contributed by atoms with van der Waals surface area (Å²) in [5.74, 6) is -2.84. The first kappa shape index (κ1) is 19.6. The standard InChI is InChI=1S/C18H18FNO5S/c1-3-11-9-13(18(23)24-4-2)16(26-11)20-15(21)10-25-17(22)12-7-5-6-8-14(12)19/h5-9H,3-4,10H2,1-2H3,(H,20,21). The van der Waals surface area contributed by atoms with Gasteiger partial charge in [0.2, 0.25) is 0 Å². The molecule has 26 heavy (non-hydrogen) atoms. The van der Waals surface area contributed by atoms with Crippen molar-refractivity contribution in [2.45, 2.75) is 20.3 Å². The number of hydrogen-bond acceptors (Lipinski definition) is 6. The lowest BCUT2D eigenvalue weighted by Gasteiger charge is -2.07. The number of hydrogen-bond donors (Lipinski definition) is 1. The Morgan fingerprint density at radius 3 is 2.42 bits per heavy atom. The van der Waals surface area contributed by atoms with E-state index >= 15 is 0 Å². The van der Waals surface area contributed by atoms with Crippen LogP contribution in [0.3, 0.4) is 0 Å². The second-order valence-corrected chi connectivity index (χ2v) is 6.27. The van der Waals surface area contributed by atoms with Crippen LogP contribution in [0.25, 0.3) is 0 Å². The maximum Gasteiger partial charge on any atom is 0.341 e. The molecule has 0 saturated carbocycles. The largest absolute Gasteiger partial charge is 0.462 e. The summed E-state index contributed by atoms with van der Waals surface area (Å²) in [4.78, 5) is 36.7. The molecule has 0 aliphatic rings. The van der Waals surface area contributed by atoms with Gasteiger partial charge in [-0.2, -0.15) is 0 Å². The van der Waals surface area contributed by atoms with Crippen LogP contribution in [0.15, 0.2) is 30.3 Å². The predicted molar refractivity (Wildman–Crippen MR) is 95.0 cm³/mol. The van der Waals surface area contributed by atoms with E-state index in [2.05, 4.69) is 5.32 Å². The van der Waals surface area contributed by atoms with Gasteiger partial charge in [0.1, 0.15) is 10.8 Å². The number of carbonyl (C=O) groups is 3.